The summed E-state index contributed by atoms with van der Waals surface area (Å²) in [5, 5.41) is 9.77. The van der Waals surface area contributed by atoms with Crippen molar-refractivity contribution in [2.24, 2.45) is 0 Å². The molecular weight excluding hydrogens is 220 g/mol. The lowest BCUT2D eigenvalue weighted by Gasteiger charge is -2.33. The molecule has 98 valence electrons. The normalized spacial score (nSPS) is 36.5. The van der Waals surface area contributed by atoms with Gasteiger partial charge in [-0.2, -0.15) is 0 Å². The van der Waals surface area contributed by atoms with E-state index in [1.165, 1.54) is 0 Å². The lowest BCUT2D eigenvalue weighted by molar-refractivity contribution is -0.153. The molecule has 0 spiro atoms. The molecule has 2 saturated heterocycles. The van der Waals surface area contributed by atoms with Crippen LogP contribution in [0.1, 0.15) is 51.4 Å². The van der Waals surface area contributed by atoms with Gasteiger partial charge in [-0.25, -0.2) is 0 Å². The van der Waals surface area contributed by atoms with Crippen LogP contribution in [0, 0.1) is 0 Å². The Balaban J connectivity index is 1.92. The Morgan fingerprint density at radius 2 is 1.82 bits per heavy atom. The lowest BCUT2D eigenvalue weighted by Crippen LogP contribution is -2.37. The summed E-state index contributed by atoms with van der Waals surface area (Å²) in [6.45, 7) is 0.525. The SMILES string of the molecule is O=C1C[C@H]2C[C@@H](O)C[C@@H](CCCCCCO1)O2. The topological polar surface area (TPSA) is 55.8 Å². The molecule has 0 saturated carbocycles. The first kappa shape index (κ1) is 12.8. The van der Waals surface area contributed by atoms with Crippen LogP contribution in [0.3, 0.4) is 0 Å². The first-order chi connectivity index (χ1) is 8.24. The summed E-state index contributed by atoms with van der Waals surface area (Å²) >= 11 is 0. The minimum absolute atomic E-state index is 0.121. The highest BCUT2D eigenvalue weighted by atomic mass is 16.5. The number of ether oxygens (including phenoxy) is 2. The molecule has 0 radical (unpaired) electrons. The first-order valence-electron chi connectivity index (χ1n) is 6.73. The molecule has 2 aliphatic heterocycles. The lowest BCUT2D eigenvalue weighted by atomic mass is 9.95. The van der Waals surface area contributed by atoms with Crippen LogP contribution in [0.4, 0.5) is 0 Å². The van der Waals surface area contributed by atoms with Crippen molar-refractivity contribution in [3.8, 4) is 0 Å². The Hall–Kier alpha value is -0.610. The van der Waals surface area contributed by atoms with Crippen molar-refractivity contribution in [1.29, 1.82) is 0 Å². The zero-order valence-electron chi connectivity index (χ0n) is 10.3. The smallest absolute Gasteiger partial charge is 0.308 e. The molecule has 0 aromatic rings. The van der Waals surface area contributed by atoms with Crippen LogP contribution in [0.25, 0.3) is 0 Å². The molecule has 17 heavy (non-hydrogen) atoms. The molecule has 0 amide bonds. The predicted octanol–water partition coefficient (Wildman–Crippen LogP) is 1.79. The molecule has 2 heterocycles. The molecule has 2 bridgehead atoms. The molecule has 1 N–H and O–H groups in total. The molecule has 0 aliphatic carbocycles. The van der Waals surface area contributed by atoms with Gasteiger partial charge in [0.1, 0.15) is 0 Å². The zero-order valence-corrected chi connectivity index (χ0v) is 10.3. The van der Waals surface area contributed by atoms with Gasteiger partial charge in [-0.3, -0.25) is 4.79 Å². The molecule has 4 nitrogen and oxygen atoms in total. The van der Waals surface area contributed by atoms with Crippen molar-refractivity contribution >= 4 is 5.97 Å². The molecule has 4 heteroatoms. The molecule has 0 aromatic heterocycles. The number of rotatable bonds is 0. The number of hydrogen-bond acceptors (Lipinski definition) is 4. The highest BCUT2D eigenvalue weighted by Gasteiger charge is 2.30. The second kappa shape index (κ2) is 6.36. The van der Waals surface area contributed by atoms with Crippen LogP contribution in [0.15, 0.2) is 0 Å². The van der Waals surface area contributed by atoms with Crippen LogP contribution in [0.2, 0.25) is 0 Å². The Labute approximate surface area is 102 Å². The summed E-state index contributed by atoms with van der Waals surface area (Å²) < 4.78 is 11.0. The van der Waals surface area contributed by atoms with Gasteiger partial charge in [0, 0.05) is 6.42 Å². The minimum atomic E-state index is -0.325. The van der Waals surface area contributed by atoms with Gasteiger partial charge in [0.25, 0.3) is 0 Å². The van der Waals surface area contributed by atoms with E-state index in [-0.39, 0.29) is 30.7 Å². The van der Waals surface area contributed by atoms with E-state index < -0.39 is 0 Å². The fraction of sp³-hybridized carbons (Fsp3) is 0.923. The number of aliphatic hydroxyl groups is 1. The summed E-state index contributed by atoms with van der Waals surface area (Å²) in [5.41, 5.74) is 0. The number of hydrogen-bond donors (Lipinski definition) is 1. The van der Waals surface area contributed by atoms with Crippen molar-refractivity contribution in [1.82, 2.24) is 0 Å². The van der Waals surface area contributed by atoms with Crippen molar-refractivity contribution in [2.75, 3.05) is 6.61 Å². The third-order valence-electron chi connectivity index (χ3n) is 3.53. The van der Waals surface area contributed by atoms with E-state index in [9.17, 15) is 9.90 Å². The van der Waals surface area contributed by atoms with Gasteiger partial charge in [0.05, 0.1) is 31.3 Å². The third kappa shape index (κ3) is 4.28. The van der Waals surface area contributed by atoms with Crippen LogP contribution < -0.4 is 0 Å². The summed E-state index contributed by atoms with van der Waals surface area (Å²) in [7, 11) is 0. The summed E-state index contributed by atoms with van der Waals surface area (Å²) in [4.78, 5) is 11.5. The van der Waals surface area contributed by atoms with Gasteiger partial charge in [-0.05, 0) is 19.3 Å². The second-order valence-corrected chi connectivity index (χ2v) is 5.13. The molecule has 2 rings (SSSR count). The number of carbonyl (C=O) groups excluding carboxylic acids is 1. The van der Waals surface area contributed by atoms with Gasteiger partial charge >= 0.3 is 5.97 Å². The van der Waals surface area contributed by atoms with Gasteiger partial charge in [-0.1, -0.05) is 19.3 Å². The molecular formula is C13H22O4. The van der Waals surface area contributed by atoms with E-state index >= 15 is 0 Å². The first-order valence-corrected chi connectivity index (χ1v) is 6.73. The second-order valence-electron chi connectivity index (χ2n) is 5.13. The molecule has 0 aromatic carbocycles. The number of esters is 1. The molecule has 3 atom stereocenters. The average Bonchev–Trinajstić information content (AvgIpc) is 2.25. The predicted molar refractivity (Wildman–Crippen MR) is 62.6 cm³/mol. The minimum Gasteiger partial charge on any atom is -0.466 e. The van der Waals surface area contributed by atoms with E-state index in [1.807, 2.05) is 0 Å². The Kier molecular flexibility index (Phi) is 4.80. The van der Waals surface area contributed by atoms with Crippen molar-refractivity contribution < 1.29 is 19.4 Å². The van der Waals surface area contributed by atoms with Gasteiger partial charge in [-0.15, -0.1) is 0 Å². The van der Waals surface area contributed by atoms with Crippen molar-refractivity contribution in [3.63, 3.8) is 0 Å². The van der Waals surface area contributed by atoms with E-state index in [2.05, 4.69) is 0 Å². The summed E-state index contributed by atoms with van der Waals surface area (Å²) in [6, 6.07) is 0. The van der Waals surface area contributed by atoms with Crippen LogP contribution >= 0.6 is 0 Å². The van der Waals surface area contributed by atoms with Crippen molar-refractivity contribution in [3.05, 3.63) is 0 Å². The monoisotopic (exact) mass is 242 g/mol. The number of cyclic esters (lactones) is 1. The van der Waals surface area contributed by atoms with E-state index in [0.29, 0.717) is 19.4 Å². The largest absolute Gasteiger partial charge is 0.466 e. The van der Waals surface area contributed by atoms with E-state index in [4.69, 9.17) is 9.47 Å². The maximum Gasteiger partial charge on any atom is 0.308 e. The maximum atomic E-state index is 11.5. The fourth-order valence-electron chi connectivity index (χ4n) is 2.66. The van der Waals surface area contributed by atoms with Crippen molar-refractivity contribution in [2.45, 2.75) is 69.7 Å². The Bertz CT molecular complexity index is 254. The van der Waals surface area contributed by atoms with Crippen LogP contribution in [0.5, 0.6) is 0 Å². The Morgan fingerprint density at radius 1 is 1.06 bits per heavy atom. The third-order valence-corrected chi connectivity index (χ3v) is 3.53. The fourth-order valence-corrected chi connectivity index (χ4v) is 2.66. The molecule has 0 unspecified atom stereocenters. The highest BCUT2D eigenvalue weighted by Crippen LogP contribution is 2.26. The molecule has 2 fully saturated rings. The maximum absolute atomic E-state index is 11.5. The zero-order chi connectivity index (χ0) is 12.1. The van der Waals surface area contributed by atoms with Gasteiger partial charge in [0.2, 0.25) is 0 Å². The van der Waals surface area contributed by atoms with E-state index in [0.717, 1.165) is 32.1 Å². The van der Waals surface area contributed by atoms with Gasteiger partial charge < -0.3 is 14.6 Å². The van der Waals surface area contributed by atoms with E-state index in [1.54, 1.807) is 0 Å². The number of fused-ring (bicyclic) bond motifs is 2. The number of aliphatic hydroxyl groups excluding tert-OH is 1. The average molecular weight is 242 g/mol. The van der Waals surface area contributed by atoms with Gasteiger partial charge in [0.15, 0.2) is 0 Å². The quantitative estimate of drug-likeness (QED) is 0.658. The Morgan fingerprint density at radius 3 is 2.71 bits per heavy atom. The summed E-state index contributed by atoms with van der Waals surface area (Å²) in [6.07, 6.45) is 6.56. The van der Waals surface area contributed by atoms with Crippen LogP contribution in [-0.2, 0) is 14.3 Å². The number of carbonyl (C=O) groups is 1. The van der Waals surface area contributed by atoms with Crippen LogP contribution in [-0.4, -0.2) is 36.0 Å². The summed E-state index contributed by atoms with van der Waals surface area (Å²) in [5.74, 6) is -0.191. The standard InChI is InChI=1S/C13H22O4/c14-10-7-11-5-3-1-2-4-6-16-13(15)9-12(8-10)17-11/h10-12,14H,1-9H2/t10-,11+,12+/m0/s1. The molecule has 2 aliphatic rings. The highest BCUT2D eigenvalue weighted by molar-refractivity contribution is 5.69.